The van der Waals surface area contributed by atoms with E-state index in [9.17, 15) is 9.59 Å². The van der Waals surface area contributed by atoms with Gasteiger partial charge in [0.1, 0.15) is 17.9 Å². The van der Waals surface area contributed by atoms with Crippen LogP contribution < -0.4 is 24.4 Å². The number of carbonyl (C=O) groups excluding carboxylic acids is 2. The van der Waals surface area contributed by atoms with Crippen molar-refractivity contribution in [2.24, 2.45) is 0 Å². The third-order valence-electron chi connectivity index (χ3n) is 4.34. The molecule has 7 nitrogen and oxygen atoms in total. The number of methoxy groups -OCH3 is 2. The normalized spacial score (nSPS) is 15.0. The van der Waals surface area contributed by atoms with E-state index in [2.05, 4.69) is 27.8 Å². The summed E-state index contributed by atoms with van der Waals surface area (Å²) in [6, 6.07) is 10.2. The fourth-order valence-electron chi connectivity index (χ4n) is 2.90. The topological polar surface area (TPSA) is 77.1 Å². The minimum atomic E-state index is -0.582. The van der Waals surface area contributed by atoms with E-state index in [0.29, 0.717) is 39.6 Å². The van der Waals surface area contributed by atoms with Gasteiger partial charge < -0.3 is 14.2 Å². The van der Waals surface area contributed by atoms with Crippen LogP contribution in [0, 0.1) is 0 Å². The minimum absolute atomic E-state index is 0.00394. The maximum absolute atomic E-state index is 13.2. The van der Waals surface area contributed by atoms with Crippen LogP contribution in [0.2, 0.25) is 0 Å². The molecule has 1 heterocycles. The molecule has 2 aromatic rings. The number of nitrogens with zero attached hydrogens (tertiary/aromatic N) is 1. The number of anilines is 1. The van der Waals surface area contributed by atoms with Crippen LogP contribution in [0.1, 0.15) is 5.56 Å². The van der Waals surface area contributed by atoms with Gasteiger partial charge in [-0.05, 0) is 76.2 Å². The van der Waals surface area contributed by atoms with E-state index >= 15 is 0 Å². The Morgan fingerprint density at radius 3 is 2.48 bits per heavy atom. The zero-order valence-corrected chi connectivity index (χ0v) is 19.2. The number of rotatable bonds is 7. The SMILES string of the molecule is C=CCOc1c(Br)cc(/C=C2\C(=O)NC(=S)N(c3ccc(OC)cc3)C2=O)cc1OC. The lowest BCUT2D eigenvalue weighted by Gasteiger charge is -2.29. The fraction of sp³-hybridized carbons (Fsp3) is 0.136. The first-order chi connectivity index (χ1) is 14.9. The molecule has 1 aliphatic rings. The van der Waals surface area contributed by atoms with Crippen molar-refractivity contribution >= 4 is 56.8 Å². The lowest BCUT2D eigenvalue weighted by molar-refractivity contribution is -0.122. The van der Waals surface area contributed by atoms with Crippen molar-refractivity contribution in [3.8, 4) is 17.2 Å². The van der Waals surface area contributed by atoms with Gasteiger partial charge in [-0.2, -0.15) is 0 Å². The zero-order chi connectivity index (χ0) is 22.5. The highest BCUT2D eigenvalue weighted by atomic mass is 79.9. The third-order valence-corrected chi connectivity index (χ3v) is 5.21. The van der Waals surface area contributed by atoms with E-state index in [4.69, 9.17) is 26.4 Å². The van der Waals surface area contributed by atoms with Crippen molar-refractivity contribution in [2.75, 3.05) is 25.7 Å². The highest BCUT2D eigenvalue weighted by Crippen LogP contribution is 2.37. The summed E-state index contributed by atoms with van der Waals surface area (Å²) in [5, 5.41) is 2.56. The number of thiocarbonyl (C=S) groups is 1. The Labute approximate surface area is 193 Å². The lowest BCUT2D eigenvalue weighted by atomic mass is 10.1. The molecule has 0 radical (unpaired) electrons. The molecular weight excluding hydrogens is 484 g/mol. The summed E-state index contributed by atoms with van der Waals surface area (Å²) >= 11 is 8.66. The number of halogens is 1. The number of carbonyl (C=O) groups is 2. The van der Waals surface area contributed by atoms with Gasteiger partial charge >= 0.3 is 0 Å². The van der Waals surface area contributed by atoms with E-state index < -0.39 is 11.8 Å². The first kappa shape index (κ1) is 22.5. The van der Waals surface area contributed by atoms with E-state index in [1.54, 1.807) is 49.6 Å². The number of amides is 2. The average Bonchev–Trinajstić information content (AvgIpc) is 2.76. The van der Waals surface area contributed by atoms with Crippen LogP contribution >= 0.6 is 28.1 Å². The molecule has 31 heavy (non-hydrogen) atoms. The molecule has 0 aromatic heterocycles. The summed E-state index contributed by atoms with van der Waals surface area (Å²) in [6.07, 6.45) is 3.09. The van der Waals surface area contributed by atoms with Gasteiger partial charge in [0.15, 0.2) is 16.6 Å². The molecule has 2 amide bonds. The molecule has 160 valence electrons. The van der Waals surface area contributed by atoms with Gasteiger partial charge in [0.2, 0.25) is 0 Å². The van der Waals surface area contributed by atoms with Gasteiger partial charge in [-0.25, -0.2) is 0 Å². The van der Waals surface area contributed by atoms with Crippen molar-refractivity contribution in [3.05, 3.63) is 64.7 Å². The Bertz CT molecular complexity index is 1080. The Balaban J connectivity index is 1.99. The van der Waals surface area contributed by atoms with Crippen LogP contribution in [0.3, 0.4) is 0 Å². The van der Waals surface area contributed by atoms with Crippen molar-refractivity contribution in [1.29, 1.82) is 0 Å². The maximum Gasteiger partial charge on any atom is 0.270 e. The smallest absolute Gasteiger partial charge is 0.270 e. The number of hydrogen-bond acceptors (Lipinski definition) is 6. The number of nitrogens with one attached hydrogen (secondary N) is 1. The summed E-state index contributed by atoms with van der Waals surface area (Å²) in [5.74, 6) is 0.441. The largest absolute Gasteiger partial charge is 0.497 e. The summed E-state index contributed by atoms with van der Waals surface area (Å²) in [4.78, 5) is 26.9. The standard InChI is InChI=1S/C22H19BrN2O5S/c1-4-9-30-19-17(23)11-13(12-18(19)29-3)10-16-20(26)24-22(31)25(21(16)27)14-5-7-15(28-2)8-6-14/h4-8,10-12H,1,9H2,2-3H3,(H,24,26,31)/b16-10+. The number of hydrogen-bond donors (Lipinski definition) is 1. The lowest BCUT2D eigenvalue weighted by Crippen LogP contribution is -2.54. The number of benzene rings is 2. The molecule has 1 saturated heterocycles. The molecule has 2 aromatic carbocycles. The molecule has 1 N–H and O–H groups in total. The molecular formula is C22H19BrN2O5S. The Morgan fingerprint density at radius 1 is 1.16 bits per heavy atom. The van der Waals surface area contributed by atoms with Crippen LogP contribution in [0.4, 0.5) is 5.69 Å². The highest BCUT2D eigenvalue weighted by Gasteiger charge is 2.34. The molecule has 0 unspecified atom stereocenters. The quantitative estimate of drug-likeness (QED) is 0.268. The Morgan fingerprint density at radius 2 is 1.87 bits per heavy atom. The zero-order valence-electron chi connectivity index (χ0n) is 16.8. The molecule has 0 saturated carbocycles. The van der Waals surface area contributed by atoms with Crippen molar-refractivity contribution in [2.45, 2.75) is 0 Å². The van der Waals surface area contributed by atoms with Gasteiger partial charge in [0.05, 0.1) is 24.4 Å². The molecule has 1 aliphatic heterocycles. The molecule has 1 fully saturated rings. The highest BCUT2D eigenvalue weighted by molar-refractivity contribution is 9.10. The van der Waals surface area contributed by atoms with Crippen molar-refractivity contribution in [3.63, 3.8) is 0 Å². The molecule has 0 aliphatic carbocycles. The summed E-state index contributed by atoms with van der Waals surface area (Å²) < 4.78 is 16.7. The predicted octanol–water partition coefficient (Wildman–Crippen LogP) is 3.86. The fourth-order valence-corrected chi connectivity index (χ4v) is 3.75. The number of ether oxygens (including phenoxy) is 3. The Kier molecular flexibility index (Phi) is 7.09. The van der Waals surface area contributed by atoms with Crippen molar-refractivity contribution < 1.29 is 23.8 Å². The molecule has 0 atom stereocenters. The van der Waals surface area contributed by atoms with Crippen LogP contribution in [0.5, 0.6) is 17.2 Å². The van der Waals surface area contributed by atoms with Gasteiger partial charge in [-0.1, -0.05) is 12.7 Å². The van der Waals surface area contributed by atoms with Crippen LogP contribution in [0.25, 0.3) is 6.08 Å². The second-order valence-corrected chi connectivity index (χ2v) is 7.53. The second kappa shape index (κ2) is 9.76. The van der Waals surface area contributed by atoms with Gasteiger partial charge in [0.25, 0.3) is 11.8 Å². The summed E-state index contributed by atoms with van der Waals surface area (Å²) in [5.41, 5.74) is 1.00. The first-order valence-electron chi connectivity index (χ1n) is 9.06. The first-order valence-corrected chi connectivity index (χ1v) is 10.3. The van der Waals surface area contributed by atoms with E-state index in [1.165, 1.54) is 18.1 Å². The van der Waals surface area contributed by atoms with E-state index in [0.717, 1.165) is 0 Å². The molecule has 9 heteroatoms. The van der Waals surface area contributed by atoms with Crippen LogP contribution in [0.15, 0.2) is 59.1 Å². The Hall–Kier alpha value is -3.17. The van der Waals surface area contributed by atoms with E-state index in [1.807, 2.05) is 0 Å². The summed E-state index contributed by atoms with van der Waals surface area (Å²) in [7, 11) is 3.05. The second-order valence-electron chi connectivity index (χ2n) is 6.29. The third kappa shape index (κ3) is 4.78. The predicted molar refractivity (Wildman–Crippen MR) is 126 cm³/mol. The molecule has 0 spiro atoms. The van der Waals surface area contributed by atoms with Crippen molar-refractivity contribution in [1.82, 2.24) is 5.32 Å². The van der Waals surface area contributed by atoms with E-state index in [-0.39, 0.29) is 10.7 Å². The molecule has 0 bridgehead atoms. The maximum atomic E-state index is 13.2. The summed E-state index contributed by atoms with van der Waals surface area (Å²) in [6.45, 7) is 3.92. The average molecular weight is 503 g/mol. The van der Waals surface area contributed by atoms with Crippen LogP contribution in [-0.2, 0) is 9.59 Å². The van der Waals surface area contributed by atoms with Crippen LogP contribution in [-0.4, -0.2) is 37.8 Å². The monoisotopic (exact) mass is 502 g/mol. The van der Waals surface area contributed by atoms with Gasteiger partial charge in [-0.3, -0.25) is 19.8 Å². The van der Waals surface area contributed by atoms with Gasteiger partial charge in [-0.15, -0.1) is 0 Å². The molecule has 3 rings (SSSR count). The minimum Gasteiger partial charge on any atom is -0.497 e. The van der Waals surface area contributed by atoms with Gasteiger partial charge in [0, 0.05) is 0 Å².